The Morgan fingerprint density at radius 1 is 1.58 bits per heavy atom. The molecular weight excluding hydrogens is 156 g/mol. The number of hydrogen-bond donors (Lipinski definition) is 0. The molecule has 0 fully saturated rings. The smallest absolute Gasteiger partial charge is 0.222 e. The zero-order chi connectivity index (χ0) is 9.78. The van der Waals surface area contributed by atoms with Crippen molar-refractivity contribution in [2.45, 2.75) is 25.8 Å². The molecule has 12 heavy (non-hydrogen) atoms. The van der Waals surface area contributed by atoms with Crippen LogP contribution in [0.2, 0.25) is 0 Å². The van der Waals surface area contributed by atoms with Gasteiger partial charge in [0, 0.05) is 25.4 Å². The molecule has 0 aromatic heterocycles. The Hall–Kier alpha value is -1.22. The van der Waals surface area contributed by atoms with E-state index in [-0.39, 0.29) is 12.3 Å². The summed E-state index contributed by atoms with van der Waals surface area (Å²) in [7, 11) is 3.35. The van der Waals surface area contributed by atoms with Crippen LogP contribution in [0.15, 0.2) is 5.11 Å². The first-order valence-corrected chi connectivity index (χ1v) is 3.65. The summed E-state index contributed by atoms with van der Waals surface area (Å²) in [5, 5.41) is 3.51. The number of carbonyl (C=O) groups is 1. The quantitative estimate of drug-likeness (QED) is 0.360. The molecule has 0 aliphatic heterocycles. The molecule has 0 N–H and O–H groups in total. The minimum Gasteiger partial charge on any atom is -0.349 e. The van der Waals surface area contributed by atoms with Gasteiger partial charge in [-0.15, -0.1) is 0 Å². The maximum Gasteiger partial charge on any atom is 0.222 e. The Bertz CT molecular complexity index is 215. The summed E-state index contributed by atoms with van der Waals surface area (Å²) in [6.45, 7) is 3.46. The highest BCUT2D eigenvalue weighted by Gasteiger charge is 2.20. The summed E-state index contributed by atoms with van der Waals surface area (Å²) in [4.78, 5) is 15.3. The van der Waals surface area contributed by atoms with Crippen molar-refractivity contribution in [1.82, 2.24) is 4.90 Å². The topological polar surface area (TPSA) is 69.1 Å². The molecule has 0 rings (SSSR count). The van der Waals surface area contributed by atoms with Crippen LogP contribution in [0.3, 0.4) is 0 Å². The van der Waals surface area contributed by atoms with Crippen LogP contribution in [-0.2, 0) is 4.79 Å². The van der Waals surface area contributed by atoms with Gasteiger partial charge in [0.25, 0.3) is 0 Å². The van der Waals surface area contributed by atoms with Crippen molar-refractivity contribution in [1.29, 1.82) is 0 Å². The van der Waals surface area contributed by atoms with Crippen LogP contribution >= 0.6 is 0 Å². The Kier molecular flexibility index (Phi) is 3.57. The number of rotatable bonds is 3. The van der Waals surface area contributed by atoms with Gasteiger partial charge in [-0.2, -0.15) is 0 Å². The lowest BCUT2D eigenvalue weighted by Gasteiger charge is -2.19. The molecule has 0 spiro atoms. The molecule has 0 saturated heterocycles. The van der Waals surface area contributed by atoms with E-state index in [4.69, 9.17) is 5.53 Å². The average molecular weight is 170 g/mol. The van der Waals surface area contributed by atoms with Gasteiger partial charge in [0.2, 0.25) is 5.91 Å². The van der Waals surface area contributed by atoms with Crippen LogP contribution in [0, 0.1) is 0 Å². The van der Waals surface area contributed by atoms with Gasteiger partial charge in [-0.25, -0.2) is 0 Å². The van der Waals surface area contributed by atoms with Gasteiger partial charge in [0.05, 0.1) is 5.54 Å². The van der Waals surface area contributed by atoms with Crippen LogP contribution in [0.5, 0.6) is 0 Å². The fourth-order valence-corrected chi connectivity index (χ4v) is 0.685. The second-order valence-corrected chi connectivity index (χ2v) is 3.47. The SMILES string of the molecule is CN(C)C(=O)CC(C)(C)N=[N+]=[N-]. The fourth-order valence-electron chi connectivity index (χ4n) is 0.685. The van der Waals surface area contributed by atoms with E-state index >= 15 is 0 Å². The van der Waals surface area contributed by atoms with E-state index in [1.807, 2.05) is 0 Å². The highest BCUT2D eigenvalue weighted by Crippen LogP contribution is 2.15. The lowest BCUT2D eigenvalue weighted by Crippen LogP contribution is -2.30. The third-order valence-corrected chi connectivity index (χ3v) is 1.40. The van der Waals surface area contributed by atoms with E-state index < -0.39 is 5.54 Å². The molecule has 0 saturated carbocycles. The van der Waals surface area contributed by atoms with Crippen LogP contribution < -0.4 is 0 Å². The van der Waals surface area contributed by atoms with E-state index in [0.717, 1.165) is 0 Å². The second kappa shape index (κ2) is 3.97. The molecule has 5 heteroatoms. The molecular formula is C7H14N4O. The zero-order valence-corrected chi connectivity index (χ0v) is 7.90. The molecule has 0 aromatic rings. The highest BCUT2D eigenvalue weighted by molar-refractivity contribution is 5.76. The molecule has 0 aromatic carbocycles. The average Bonchev–Trinajstić information content (AvgIpc) is 1.85. The Labute approximate surface area is 72.0 Å². The van der Waals surface area contributed by atoms with Crippen LogP contribution in [0.1, 0.15) is 20.3 Å². The summed E-state index contributed by atoms with van der Waals surface area (Å²) in [6.07, 6.45) is 0.240. The summed E-state index contributed by atoms with van der Waals surface area (Å²) >= 11 is 0. The summed E-state index contributed by atoms with van der Waals surface area (Å²) in [6, 6.07) is 0. The lowest BCUT2D eigenvalue weighted by molar-refractivity contribution is -0.129. The zero-order valence-electron chi connectivity index (χ0n) is 7.90. The normalized spacial score (nSPS) is 10.3. The molecule has 1 amide bonds. The van der Waals surface area contributed by atoms with Gasteiger partial charge >= 0.3 is 0 Å². The summed E-state index contributed by atoms with van der Waals surface area (Å²) in [5.41, 5.74) is 7.56. The second-order valence-electron chi connectivity index (χ2n) is 3.47. The monoisotopic (exact) mass is 170 g/mol. The van der Waals surface area contributed by atoms with Gasteiger partial charge in [0.15, 0.2) is 0 Å². The minimum absolute atomic E-state index is 0.0348. The Morgan fingerprint density at radius 3 is 2.42 bits per heavy atom. The lowest BCUT2D eigenvalue weighted by atomic mass is 10.0. The standard InChI is InChI=1S/C7H14N4O/c1-7(2,9-10-8)5-6(12)11(3)4/h5H2,1-4H3. The first-order valence-electron chi connectivity index (χ1n) is 3.65. The van der Waals surface area contributed by atoms with Crippen LogP contribution in [0.4, 0.5) is 0 Å². The maximum atomic E-state index is 11.2. The largest absolute Gasteiger partial charge is 0.349 e. The Morgan fingerprint density at radius 2 is 2.08 bits per heavy atom. The molecule has 0 aliphatic carbocycles. The van der Waals surface area contributed by atoms with Gasteiger partial charge in [-0.3, -0.25) is 4.79 Å². The van der Waals surface area contributed by atoms with Crippen LogP contribution in [-0.4, -0.2) is 30.4 Å². The molecule has 5 nitrogen and oxygen atoms in total. The predicted octanol–water partition coefficient (Wildman–Crippen LogP) is 1.55. The van der Waals surface area contributed by atoms with Crippen LogP contribution in [0.25, 0.3) is 10.4 Å². The third kappa shape index (κ3) is 3.83. The van der Waals surface area contributed by atoms with Gasteiger partial charge in [0.1, 0.15) is 0 Å². The van der Waals surface area contributed by atoms with Crippen molar-refractivity contribution < 1.29 is 4.79 Å². The molecule has 0 unspecified atom stereocenters. The van der Waals surface area contributed by atoms with Crippen molar-refractivity contribution in [2.24, 2.45) is 5.11 Å². The molecule has 0 bridgehead atoms. The summed E-state index contributed by atoms with van der Waals surface area (Å²) < 4.78 is 0. The van der Waals surface area contributed by atoms with Crippen molar-refractivity contribution in [3.8, 4) is 0 Å². The molecule has 0 radical (unpaired) electrons. The third-order valence-electron chi connectivity index (χ3n) is 1.40. The number of hydrogen-bond acceptors (Lipinski definition) is 2. The number of azide groups is 1. The minimum atomic E-state index is -0.629. The van der Waals surface area contributed by atoms with Crippen molar-refractivity contribution >= 4 is 5.91 Å². The van der Waals surface area contributed by atoms with Gasteiger partial charge in [-0.05, 0) is 5.53 Å². The maximum absolute atomic E-state index is 11.2. The molecule has 0 atom stereocenters. The Balaban J connectivity index is 4.24. The number of nitrogens with zero attached hydrogens (tertiary/aromatic N) is 4. The van der Waals surface area contributed by atoms with E-state index in [0.29, 0.717) is 0 Å². The van der Waals surface area contributed by atoms with E-state index in [2.05, 4.69) is 10.0 Å². The van der Waals surface area contributed by atoms with E-state index in [1.165, 1.54) is 4.90 Å². The molecule has 68 valence electrons. The highest BCUT2D eigenvalue weighted by atomic mass is 16.2. The predicted molar refractivity (Wildman–Crippen MR) is 46.5 cm³/mol. The summed E-state index contributed by atoms with van der Waals surface area (Å²) in [5.74, 6) is -0.0348. The van der Waals surface area contributed by atoms with Gasteiger partial charge < -0.3 is 4.90 Å². The van der Waals surface area contributed by atoms with E-state index in [1.54, 1.807) is 27.9 Å². The van der Waals surface area contributed by atoms with E-state index in [9.17, 15) is 4.79 Å². The number of amides is 1. The van der Waals surface area contributed by atoms with Gasteiger partial charge in [-0.1, -0.05) is 19.0 Å². The molecule has 0 heterocycles. The molecule has 0 aliphatic rings. The van der Waals surface area contributed by atoms with Crippen molar-refractivity contribution in [2.75, 3.05) is 14.1 Å². The van der Waals surface area contributed by atoms with Crippen molar-refractivity contribution in [3.63, 3.8) is 0 Å². The first-order chi connectivity index (χ1) is 5.39. The first kappa shape index (κ1) is 10.8. The fraction of sp³-hybridized carbons (Fsp3) is 0.857. The number of carbonyl (C=O) groups excluding carboxylic acids is 1. The van der Waals surface area contributed by atoms with Crippen molar-refractivity contribution in [3.05, 3.63) is 10.4 Å².